The molecule has 1 heterocycles. The number of aromatic carboxylic acids is 1. The van der Waals surface area contributed by atoms with Crippen LogP contribution in [-0.2, 0) is 4.79 Å². The Kier molecular flexibility index (Phi) is 4.92. The Morgan fingerprint density at radius 2 is 2.14 bits per heavy atom. The number of aromatic nitrogens is 1. The summed E-state index contributed by atoms with van der Waals surface area (Å²) in [4.78, 5) is 40.4. The average molecular weight is 308 g/mol. The zero-order valence-electron chi connectivity index (χ0n) is 12.3. The first-order chi connectivity index (χ1) is 10.1. The van der Waals surface area contributed by atoms with E-state index in [1.54, 1.807) is 13.8 Å². The molecule has 1 rings (SSSR count). The molecule has 1 atom stereocenters. The van der Waals surface area contributed by atoms with Crippen molar-refractivity contribution in [1.29, 1.82) is 0 Å². The van der Waals surface area contributed by atoms with E-state index < -0.39 is 28.0 Å². The number of hydrogen-bond acceptors (Lipinski definition) is 6. The second-order valence-electron chi connectivity index (χ2n) is 5.11. The maximum atomic E-state index is 11.5. The normalized spacial score (nSPS) is 14.0. The van der Waals surface area contributed by atoms with Gasteiger partial charge in [0.15, 0.2) is 0 Å². The predicted molar refractivity (Wildman–Crippen MR) is 77.9 cm³/mol. The summed E-state index contributed by atoms with van der Waals surface area (Å²) in [7, 11) is 0. The highest BCUT2D eigenvalue weighted by molar-refractivity contribution is 5.98. The van der Waals surface area contributed by atoms with Gasteiger partial charge in [0.1, 0.15) is 11.7 Å². The van der Waals surface area contributed by atoms with Gasteiger partial charge in [0.25, 0.3) is 5.69 Å². The number of nitrogens with zero attached hydrogens (tertiary/aromatic N) is 3. The van der Waals surface area contributed by atoms with Crippen molar-refractivity contribution in [3.63, 3.8) is 0 Å². The van der Waals surface area contributed by atoms with Crippen molar-refractivity contribution in [2.24, 2.45) is 16.6 Å². The van der Waals surface area contributed by atoms with Crippen molar-refractivity contribution in [2.75, 3.05) is 0 Å². The molecule has 0 saturated heterocycles. The van der Waals surface area contributed by atoms with E-state index in [0.717, 1.165) is 18.5 Å². The third-order valence-corrected chi connectivity index (χ3v) is 3.42. The fourth-order valence-corrected chi connectivity index (χ4v) is 1.53. The van der Waals surface area contributed by atoms with E-state index in [0.29, 0.717) is 0 Å². The van der Waals surface area contributed by atoms with Gasteiger partial charge in [-0.25, -0.2) is 9.78 Å². The van der Waals surface area contributed by atoms with E-state index >= 15 is 0 Å². The van der Waals surface area contributed by atoms with Gasteiger partial charge in [-0.2, -0.15) is 0 Å². The molecule has 1 unspecified atom stereocenters. The van der Waals surface area contributed by atoms with E-state index in [1.165, 1.54) is 6.92 Å². The minimum absolute atomic E-state index is 0.0915. The van der Waals surface area contributed by atoms with Crippen molar-refractivity contribution in [3.05, 3.63) is 33.6 Å². The number of carbonyl (C=O) groups is 2. The number of amides is 1. The second-order valence-corrected chi connectivity index (χ2v) is 5.11. The van der Waals surface area contributed by atoms with Crippen LogP contribution in [0, 0.1) is 16.0 Å². The van der Waals surface area contributed by atoms with Gasteiger partial charge in [-0.1, -0.05) is 13.8 Å². The molecule has 3 N–H and O–H groups in total. The Bertz CT molecular complexity index is 656. The lowest BCUT2D eigenvalue weighted by molar-refractivity contribution is -0.385. The first kappa shape index (κ1) is 17.2. The smallest absolute Gasteiger partial charge is 0.338 e. The number of rotatable bonds is 6. The second kappa shape index (κ2) is 6.29. The lowest BCUT2D eigenvalue weighted by atomic mass is 9.88. The van der Waals surface area contributed by atoms with Crippen LogP contribution < -0.4 is 5.73 Å². The van der Waals surface area contributed by atoms with Crippen LogP contribution in [0.2, 0.25) is 0 Å². The summed E-state index contributed by atoms with van der Waals surface area (Å²) in [6.07, 6.45) is 2.02. The van der Waals surface area contributed by atoms with Crippen molar-refractivity contribution in [1.82, 2.24) is 4.98 Å². The fraction of sp³-hybridized carbons (Fsp3) is 0.385. The number of nitro groups is 1. The lowest BCUT2D eigenvalue weighted by Gasteiger charge is -2.25. The van der Waals surface area contributed by atoms with Crippen LogP contribution in [0.15, 0.2) is 17.3 Å². The number of aliphatic imine (C=N–C) groups is 1. The van der Waals surface area contributed by atoms with Crippen molar-refractivity contribution >= 4 is 23.8 Å². The van der Waals surface area contributed by atoms with Crippen LogP contribution in [0.3, 0.4) is 0 Å². The molecule has 0 aliphatic rings. The van der Waals surface area contributed by atoms with Gasteiger partial charge in [0, 0.05) is 12.3 Å². The molecule has 1 amide bonds. The molecule has 0 saturated carbocycles. The Hall–Kier alpha value is -2.84. The molecule has 1 aromatic rings. The molecule has 0 aliphatic carbocycles. The largest absolute Gasteiger partial charge is 0.478 e. The van der Waals surface area contributed by atoms with Crippen LogP contribution >= 0.6 is 0 Å². The summed E-state index contributed by atoms with van der Waals surface area (Å²) in [5.41, 5.74) is 3.16. The third-order valence-electron chi connectivity index (χ3n) is 3.42. The number of carboxylic acids is 1. The quantitative estimate of drug-likeness (QED) is 0.455. The Morgan fingerprint density at radius 3 is 2.55 bits per heavy atom. The zero-order chi connectivity index (χ0) is 17.1. The van der Waals surface area contributed by atoms with Gasteiger partial charge in [-0.05, 0) is 12.8 Å². The topological polar surface area (TPSA) is 149 Å². The molecule has 0 radical (unpaired) electrons. The molecule has 0 aromatic carbocycles. The highest BCUT2D eigenvalue weighted by atomic mass is 16.6. The first-order valence-electron chi connectivity index (χ1n) is 6.32. The van der Waals surface area contributed by atoms with Gasteiger partial charge in [0.05, 0.1) is 16.2 Å². The monoisotopic (exact) mass is 308 g/mol. The number of carboxylic acid groups (broad SMARTS) is 1. The molecule has 22 heavy (non-hydrogen) atoms. The van der Waals surface area contributed by atoms with E-state index in [4.69, 9.17) is 10.8 Å². The highest BCUT2D eigenvalue weighted by Crippen LogP contribution is 2.21. The molecule has 0 spiro atoms. The summed E-state index contributed by atoms with van der Waals surface area (Å²) in [6.45, 7) is 5.00. The number of pyridine rings is 1. The maximum Gasteiger partial charge on any atom is 0.338 e. The van der Waals surface area contributed by atoms with E-state index in [9.17, 15) is 19.7 Å². The van der Waals surface area contributed by atoms with E-state index in [2.05, 4.69) is 9.98 Å². The summed E-state index contributed by atoms with van der Waals surface area (Å²) < 4.78 is 0. The minimum atomic E-state index is -1.39. The summed E-state index contributed by atoms with van der Waals surface area (Å²) >= 11 is 0. The SMILES string of the molecule is CC(C)C(C)(/N=C/c1ncc([N+](=O)[O-])cc1C(=O)O)C(N)=O. The molecular weight excluding hydrogens is 292 g/mol. The molecular formula is C13H16N4O5. The fourth-order valence-electron chi connectivity index (χ4n) is 1.53. The highest BCUT2D eigenvalue weighted by Gasteiger charge is 2.33. The minimum Gasteiger partial charge on any atom is -0.478 e. The molecule has 9 heteroatoms. The van der Waals surface area contributed by atoms with Crippen LogP contribution in [0.25, 0.3) is 0 Å². The number of hydrogen-bond donors (Lipinski definition) is 2. The Labute approximate surface area is 126 Å². The van der Waals surface area contributed by atoms with Crippen LogP contribution in [0.1, 0.15) is 36.8 Å². The number of carbonyl (C=O) groups excluding carboxylic acids is 1. The van der Waals surface area contributed by atoms with Gasteiger partial charge < -0.3 is 10.8 Å². The third kappa shape index (κ3) is 3.43. The summed E-state index contributed by atoms with van der Waals surface area (Å²) in [5.74, 6) is -2.28. The molecule has 1 aromatic heterocycles. The van der Waals surface area contributed by atoms with Gasteiger partial charge >= 0.3 is 5.97 Å². The summed E-state index contributed by atoms with van der Waals surface area (Å²) in [6, 6.07) is 0.883. The van der Waals surface area contributed by atoms with Gasteiger partial charge in [-0.15, -0.1) is 0 Å². The van der Waals surface area contributed by atoms with Crippen molar-refractivity contribution in [2.45, 2.75) is 26.3 Å². The molecule has 118 valence electrons. The Morgan fingerprint density at radius 1 is 1.55 bits per heavy atom. The maximum absolute atomic E-state index is 11.5. The van der Waals surface area contributed by atoms with Crippen LogP contribution in [0.4, 0.5) is 5.69 Å². The predicted octanol–water partition coefficient (Wildman–Crippen LogP) is 1.01. The van der Waals surface area contributed by atoms with Gasteiger partial charge in [-0.3, -0.25) is 19.9 Å². The molecule has 0 fully saturated rings. The molecule has 0 bridgehead atoms. The lowest BCUT2D eigenvalue weighted by Crippen LogP contribution is -2.44. The standard InChI is InChI=1S/C13H16N4O5/c1-7(2)13(3,12(14)20)16-6-10-9(11(18)19)4-8(5-15-10)17(21)22/h4-7H,1-3H3,(H2,14,20)(H,18,19)/b16-6+. The van der Waals surface area contributed by atoms with E-state index in [-0.39, 0.29) is 17.2 Å². The number of primary amides is 1. The van der Waals surface area contributed by atoms with E-state index in [1.807, 2.05) is 0 Å². The van der Waals surface area contributed by atoms with Crippen molar-refractivity contribution < 1.29 is 19.6 Å². The average Bonchev–Trinajstić information content (AvgIpc) is 2.43. The zero-order valence-corrected chi connectivity index (χ0v) is 12.3. The molecule has 9 nitrogen and oxygen atoms in total. The van der Waals surface area contributed by atoms with Crippen molar-refractivity contribution in [3.8, 4) is 0 Å². The molecule has 0 aliphatic heterocycles. The van der Waals surface area contributed by atoms with Crippen LogP contribution in [0.5, 0.6) is 0 Å². The number of nitrogens with two attached hydrogens (primary N) is 1. The van der Waals surface area contributed by atoms with Gasteiger partial charge in [0.2, 0.25) is 5.91 Å². The summed E-state index contributed by atoms with van der Waals surface area (Å²) in [5, 5.41) is 19.8. The Balaban J connectivity index is 3.33. The first-order valence-corrected chi connectivity index (χ1v) is 6.32. The van der Waals surface area contributed by atoms with Crippen LogP contribution in [-0.4, -0.2) is 38.6 Å².